The first kappa shape index (κ1) is 13.8. The SMILES string of the molecule is Cc1nc(-c2ccc(NC(=O)C3CCNC3C)cc2)co1. The fourth-order valence-electron chi connectivity index (χ4n) is 2.67. The number of amides is 1. The van der Waals surface area contributed by atoms with Crippen LogP contribution in [0.2, 0.25) is 0 Å². The molecule has 2 atom stereocenters. The Morgan fingerprint density at radius 1 is 1.38 bits per heavy atom. The molecule has 1 fully saturated rings. The Kier molecular flexibility index (Phi) is 3.75. The fraction of sp³-hybridized carbons (Fsp3) is 0.375. The van der Waals surface area contributed by atoms with E-state index in [0.717, 1.165) is 29.9 Å². The Labute approximate surface area is 123 Å². The number of nitrogens with zero attached hydrogens (tertiary/aromatic N) is 1. The van der Waals surface area contributed by atoms with Crippen molar-refractivity contribution in [1.82, 2.24) is 10.3 Å². The molecule has 110 valence electrons. The van der Waals surface area contributed by atoms with Crippen LogP contribution < -0.4 is 10.6 Å². The molecule has 0 spiro atoms. The lowest BCUT2D eigenvalue weighted by Crippen LogP contribution is -2.32. The number of nitrogens with one attached hydrogen (secondary N) is 2. The summed E-state index contributed by atoms with van der Waals surface area (Å²) in [5.74, 6) is 0.769. The molecule has 5 heteroatoms. The number of rotatable bonds is 3. The van der Waals surface area contributed by atoms with Crippen LogP contribution in [0.25, 0.3) is 11.3 Å². The number of aromatic nitrogens is 1. The molecule has 1 amide bonds. The van der Waals surface area contributed by atoms with Crippen molar-refractivity contribution >= 4 is 11.6 Å². The van der Waals surface area contributed by atoms with E-state index in [4.69, 9.17) is 4.42 Å². The number of aryl methyl sites for hydroxylation is 1. The number of carbonyl (C=O) groups excluding carboxylic acids is 1. The van der Waals surface area contributed by atoms with Crippen LogP contribution in [-0.2, 0) is 4.79 Å². The number of anilines is 1. The maximum absolute atomic E-state index is 12.2. The van der Waals surface area contributed by atoms with Gasteiger partial charge >= 0.3 is 0 Å². The average Bonchev–Trinajstić information content (AvgIpc) is 3.08. The van der Waals surface area contributed by atoms with Gasteiger partial charge < -0.3 is 15.1 Å². The zero-order chi connectivity index (χ0) is 14.8. The lowest BCUT2D eigenvalue weighted by atomic mass is 10.0. The fourth-order valence-corrected chi connectivity index (χ4v) is 2.67. The van der Waals surface area contributed by atoms with Gasteiger partial charge in [-0.1, -0.05) is 12.1 Å². The third kappa shape index (κ3) is 2.97. The van der Waals surface area contributed by atoms with Gasteiger partial charge in [0, 0.05) is 24.2 Å². The largest absolute Gasteiger partial charge is 0.449 e. The van der Waals surface area contributed by atoms with Crippen molar-refractivity contribution in [2.24, 2.45) is 5.92 Å². The molecule has 1 saturated heterocycles. The number of hydrogen-bond donors (Lipinski definition) is 2. The second-order valence-corrected chi connectivity index (χ2v) is 5.46. The maximum Gasteiger partial charge on any atom is 0.229 e. The predicted molar refractivity (Wildman–Crippen MR) is 80.9 cm³/mol. The summed E-state index contributed by atoms with van der Waals surface area (Å²) in [5.41, 5.74) is 2.59. The summed E-state index contributed by atoms with van der Waals surface area (Å²) in [5, 5.41) is 6.27. The zero-order valence-corrected chi connectivity index (χ0v) is 12.2. The van der Waals surface area contributed by atoms with Gasteiger partial charge in [0.05, 0.1) is 5.92 Å². The van der Waals surface area contributed by atoms with Gasteiger partial charge in [0.2, 0.25) is 5.91 Å². The molecular formula is C16H19N3O2. The lowest BCUT2D eigenvalue weighted by molar-refractivity contribution is -0.119. The second kappa shape index (κ2) is 5.69. The molecule has 2 aromatic rings. The van der Waals surface area contributed by atoms with Crippen molar-refractivity contribution in [2.45, 2.75) is 26.3 Å². The molecule has 0 aliphatic carbocycles. The zero-order valence-electron chi connectivity index (χ0n) is 12.2. The summed E-state index contributed by atoms with van der Waals surface area (Å²) in [7, 11) is 0. The van der Waals surface area contributed by atoms with E-state index in [2.05, 4.69) is 15.6 Å². The van der Waals surface area contributed by atoms with Crippen LogP contribution in [0.3, 0.4) is 0 Å². The standard InChI is InChI=1S/C16H19N3O2/c1-10-14(7-8-17-10)16(20)19-13-5-3-12(4-6-13)15-9-21-11(2)18-15/h3-6,9-10,14,17H,7-8H2,1-2H3,(H,19,20). The minimum atomic E-state index is 0.0443. The van der Waals surface area contributed by atoms with E-state index in [0.29, 0.717) is 5.89 Å². The molecule has 1 aromatic heterocycles. The molecule has 0 bridgehead atoms. The van der Waals surface area contributed by atoms with Gasteiger partial charge in [-0.2, -0.15) is 0 Å². The molecule has 2 heterocycles. The summed E-state index contributed by atoms with van der Waals surface area (Å²) >= 11 is 0. The molecule has 1 aromatic carbocycles. The number of oxazole rings is 1. The summed E-state index contributed by atoms with van der Waals surface area (Å²) < 4.78 is 5.21. The van der Waals surface area contributed by atoms with E-state index in [9.17, 15) is 4.79 Å². The van der Waals surface area contributed by atoms with Gasteiger partial charge in [-0.15, -0.1) is 0 Å². The molecule has 3 rings (SSSR count). The third-order valence-electron chi connectivity index (χ3n) is 3.93. The van der Waals surface area contributed by atoms with Crippen LogP contribution in [0.1, 0.15) is 19.2 Å². The van der Waals surface area contributed by atoms with Crippen molar-refractivity contribution in [1.29, 1.82) is 0 Å². The van der Waals surface area contributed by atoms with E-state index >= 15 is 0 Å². The van der Waals surface area contributed by atoms with E-state index in [1.165, 1.54) is 0 Å². The van der Waals surface area contributed by atoms with Gasteiger partial charge in [0.15, 0.2) is 5.89 Å². The van der Waals surface area contributed by atoms with Gasteiger partial charge in [0.1, 0.15) is 12.0 Å². The van der Waals surface area contributed by atoms with Crippen molar-refractivity contribution in [3.63, 3.8) is 0 Å². The van der Waals surface area contributed by atoms with Crippen molar-refractivity contribution < 1.29 is 9.21 Å². The van der Waals surface area contributed by atoms with Crippen LogP contribution in [0, 0.1) is 12.8 Å². The van der Waals surface area contributed by atoms with Gasteiger partial charge in [-0.05, 0) is 32.0 Å². The van der Waals surface area contributed by atoms with Crippen molar-refractivity contribution in [3.05, 3.63) is 36.4 Å². The lowest BCUT2D eigenvalue weighted by Gasteiger charge is -2.15. The van der Waals surface area contributed by atoms with Crippen LogP contribution in [0.5, 0.6) is 0 Å². The van der Waals surface area contributed by atoms with Crippen LogP contribution >= 0.6 is 0 Å². The molecular weight excluding hydrogens is 266 g/mol. The van der Waals surface area contributed by atoms with E-state index < -0.39 is 0 Å². The van der Waals surface area contributed by atoms with Crippen molar-refractivity contribution in [2.75, 3.05) is 11.9 Å². The smallest absolute Gasteiger partial charge is 0.229 e. The quantitative estimate of drug-likeness (QED) is 0.909. The van der Waals surface area contributed by atoms with Gasteiger partial charge in [-0.25, -0.2) is 4.98 Å². The molecule has 0 radical (unpaired) electrons. The Hall–Kier alpha value is -2.14. The van der Waals surface area contributed by atoms with E-state index in [-0.39, 0.29) is 17.9 Å². The summed E-state index contributed by atoms with van der Waals surface area (Å²) in [6.07, 6.45) is 2.53. The first-order chi connectivity index (χ1) is 10.1. The van der Waals surface area contributed by atoms with E-state index in [1.807, 2.05) is 38.1 Å². The Balaban J connectivity index is 1.68. The average molecular weight is 285 g/mol. The molecule has 21 heavy (non-hydrogen) atoms. The highest BCUT2D eigenvalue weighted by molar-refractivity contribution is 5.93. The Morgan fingerprint density at radius 2 is 2.14 bits per heavy atom. The normalized spacial score (nSPS) is 21.4. The molecule has 2 N–H and O–H groups in total. The van der Waals surface area contributed by atoms with Crippen LogP contribution in [0.15, 0.2) is 34.9 Å². The topological polar surface area (TPSA) is 67.2 Å². The molecule has 0 saturated carbocycles. The Morgan fingerprint density at radius 3 is 2.71 bits per heavy atom. The van der Waals surface area contributed by atoms with Crippen LogP contribution in [-0.4, -0.2) is 23.5 Å². The third-order valence-corrected chi connectivity index (χ3v) is 3.93. The van der Waals surface area contributed by atoms with Crippen LogP contribution in [0.4, 0.5) is 5.69 Å². The predicted octanol–water partition coefficient (Wildman–Crippen LogP) is 2.59. The summed E-state index contributed by atoms with van der Waals surface area (Å²) in [6, 6.07) is 7.89. The summed E-state index contributed by atoms with van der Waals surface area (Å²) in [4.78, 5) is 16.5. The van der Waals surface area contributed by atoms with E-state index in [1.54, 1.807) is 6.26 Å². The highest BCUT2D eigenvalue weighted by Crippen LogP contribution is 2.22. The first-order valence-corrected chi connectivity index (χ1v) is 7.20. The van der Waals surface area contributed by atoms with Crippen molar-refractivity contribution in [3.8, 4) is 11.3 Å². The summed E-state index contributed by atoms with van der Waals surface area (Å²) in [6.45, 7) is 4.77. The molecule has 1 aliphatic heterocycles. The minimum absolute atomic E-state index is 0.0443. The monoisotopic (exact) mass is 285 g/mol. The molecule has 2 unspecified atom stereocenters. The van der Waals surface area contributed by atoms with Gasteiger partial charge in [-0.3, -0.25) is 4.79 Å². The maximum atomic E-state index is 12.2. The van der Waals surface area contributed by atoms with Gasteiger partial charge in [0.25, 0.3) is 0 Å². The molecule has 1 aliphatic rings. The highest BCUT2D eigenvalue weighted by Gasteiger charge is 2.29. The number of carbonyl (C=O) groups is 1. The second-order valence-electron chi connectivity index (χ2n) is 5.46. The Bertz CT molecular complexity index is 633. The number of hydrogen-bond acceptors (Lipinski definition) is 4. The first-order valence-electron chi connectivity index (χ1n) is 7.20. The minimum Gasteiger partial charge on any atom is -0.449 e. The molecule has 5 nitrogen and oxygen atoms in total. The highest BCUT2D eigenvalue weighted by atomic mass is 16.3. The number of benzene rings is 1.